The van der Waals surface area contributed by atoms with Crippen molar-refractivity contribution in [2.75, 3.05) is 0 Å². The molecule has 0 aliphatic rings. The predicted molar refractivity (Wildman–Crippen MR) is 249 cm³/mol. The van der Waals surface area contributed by atoms with Crippen LogP contribution in [0.3, 0.4) is 0 Å². The fraction of sp³-hybridized carbons (Fsp3) is 0. The third-order valence-corrected chi connectivity index (χ3v) is 11.0. The van der Waals surface area contributed by atoms with Crippen LogP contribution >= 0.6 is 0 Å². The van der Waals surface area contributed by atoms with Gasteiger partial charge in [-0.3, -0.25) is 0 Å². The summed E-state index contributed by atoms with van der Waals surface area (Å²) in [4.78, 5) is 15.7. The highest BCUT2D eigenvalue weighted by Crippen LogP contribution is 2.39. The maximum Gasteiger partial charge on any atom is 0.164 e. The molecule has 282 valence electrons. The van der Waals surface area contributed by atoms with Gasteiger partial charge in [0.25, 0.3) is 0 Å². The second-order valence-corrected chi connectivity index (χ2v) is 14.8. The summed E-state index contributed by atoms with van der Waals surface area (Å²) in [7, 11) is 0. The van der Waals surface area contributed by atoms with Crippen molar-refractivity contribution >= 4 is 0 Å². The molecule has 1 aromatic heterocycles. The van der Waals surface area contributed by atoms with Crippen LogP contribution in [0.1, 0.15) is 0 Å². The lowest BCUT2D eigenvalue weighted by Gasteiger charge is -2.16. The summed E-state index contributed by atoms with van der Waals surface area (Å²) in [5.74, 6) is 1.84. The summed E-state index contributed by atoms with van der Waals surface area (Å²) >= 11 is 0. The van der Waals surface area contributed by atoms with Crippen LogP contribution in [-0.4, -0.2) is 15.0 Å². The molecular weight excluding hydrogens is 727 g/mol. The molecule has 3 nitrogen and oxygen atoms in total. The molecule has 3 heteroatoms. The highest BCUT2D eigenvalue weighted by Gasteiger charge is 2.18. The molecule has 0 atom stereocenters. The Morgan fingerprint density at radius 2 is 0.433 bits per heavy atom. The van der Waals surface area contributed by atoms with Gasteiger partial charge in [-0.25, -0.2) is 15.0 Å². The number of hydrogen-bond acceptors (Lipinski definition) is 3. The van der Waals surface area contributed by atoms with Crippen LogP contribution in [0.25, 0.3) is 101 Å². The molecule has 0 fully saturated rings. The summed E-state index contributed by atoms with van der Waals surface area (Å²) in [5, 5.41) is 0. The summed E-state index contributed by atoms with van der Waals surface area (Å²) in [6, 6.07) is 83.0. The van der Waals surface area contributed by atoms with Gasteiger partial charge < -0.3 is 0 Å². The van der Waals surface area contributed by atoms with Crippen LogP contribution in [0, 0.1) is 0 Å². The van der Waals surface area contributed by atoms with E-state index in [1.165, 1.54) is 22.3 Å². The number of aromatic nitrogens is 3. The average molecular weight is 766 g/mol. The summed E-state index contributed by atoms with van der Waals surface area (Å²) < 4.78 is 0. The van der Waals surface area contributed by atoms with Crippen LogP contribution in [0.2, 0.25) is 0 Å². The Bertz CT molecular complexity index is 3020. The Morgan fingerprint density at radius 3 is 0.833 bits per heavy atom. The van der Waals surface area contributed by atoms with E-state index in [-0.39, 0.29) is 0 Å². The standard InChI is InChI=1S/C57H39N3/c1-5-15-40(16-6-1)42-25-27-44(28-26-42)45-31-35-49(36-32-45)56-58-55(48-33-29-43(30-34-48)41-17-7-2-8-18-41)59-57(60-56)54-39-50(37-38-53(54)47-21-11-4-12-22-47)52-24-14-13-23-51(52)46-19-9-3-10-20-46/h1-39H. The molecule has 10 rings (SSSR count). The van der Waals surface area contributed by atoms with Crippen molar-refractivity contribution in [2.45, 2.75) is 0 Å². The topological polar surface area (TPSA) is 38.7 Å². The lowest BCUT2D eigenvalue weighted by atomic mass is 9.90. The van der Waals surface area contributed by atoms with E-state index >= 15 is 0 Å². The number of rotatable bonds is 9. The summed E-state index contributed by atoms with van der Waals surface area (Å²) in [6.45, 7) is 0. The monoisotopic (exact) mass is 765 g/mol. The number of hydrogen-bond donors (Lipinski definition) is 0. The van der Waals surface area contributed by atoms with Gasteiger partial charge in [-0.15, -0.1) is 0 Å². The van der Waals surface area contributed by atoms with Crippen LogP contribution < -0.4 is 0 Å². The first-order valence-corrected chi connectivity index (χ1v) is 20.3. The minimum absolute atomic E-state index is 0.612. The van der Waals surface area contributed by atoms with Crippen molar-refractivity contribution in [3.63, 3.8) is 0 Å². The zero-order chi connectivity index (χ0) is 40.1. The number of benzene rings is 9. The Balaban J connectivity index is 1.11. The van der Waals surface area contributed by atoms with Crippen molar-refractivity contribution in [3.05, 3.63) is 237 Å². The van der Waals surface area contributed by atoms with Crippen LogP contribution in [0.15, 0.2) is 237 Å². The molecule has 0 spiro atoms. The van der Waals surface area contributed by atoms with E-state index in [1.807, 2.05) is 18.2 Å². The molecule has 0 saturated carbocycles. The summed E-state index contributed by atoms with van der Waals surface area (Å²) in [6.07, 6.45) is 0. The van der Waals surface area contributed by atoms with Crippen molar-refractivity contribution in [1.29, 1.82) is 0 Å². The Labute approximate surface area is 351 Å². The number of nitrogens with zero attached hydrogens (tertiary/aromatic N) is 3. The molecule has 10 aromatic rings. The van der Waals surface area contributed by atoms with Crippen molar-refractivity contribution in [1.82, 2.24) is 15.0 Å². The van der Waals surface area contributed by atoms with E-state index in [1.54, 1.807) is 0 Å². The average Bonchev–Trinajstić information content (AvgIpc) is 3.35. The van der Waals surface area contributed by atoms with Gasteiger partial charge in [0.1, 0.15) is 0 Å². The normalized spacial score (nSPS) is 11.0. The maximum absolute atomic E-state index is 5.29. The molecular formula is C57H39N3. The Morgan fingerprint density at radius 1 is 0.167 bits per heavy atom. The van der Waals surface area contributed by atoms with Crippen LogP contribution in [-0.2, 0) is 0 Å². The maximum atomic E-state index is 5.29. The molecule has 0 aliphatic carbocycles. The van der Waals surface area contributed by atoms with Gasteiger partial charge in [-0.05, 0) is 72.8 Å². The van der Waals surface area contributed by atoms with Gasteiger partial charge in [0.05, 0.1) is 0 Å². The molecule has 0 amide bonds. The molecule has 0 N–H and O–H groups in total. The fourth-order valence-corrected chi connectivity index (χ4v) is 7.86. The first kappa shape index (κ1) is 36.3. The summed E-state index contributed by atoms with van der Waals surface area (Å²) in [5.41, 5.74) is 16.4. The molecule has 9 aromatic carbocycles. The fourth-order valence-electron chi connectivity index (χ4n) is 7.86. The van der Waals surface area contributed by atoms with Gasteiger partial charge in [-0.1, -0.05) is 231 Å². The predicted octanol–water partition coefficient (Wildman–Crippen LogP) is 14.9. The molecule has 0 radical (unpaired) electrons. The largest absolute Gasteiger partial charge is 0.208 e. The van der Waals surface area contributed by atoms with Crippen LogP contribution in [0.4, 0.5) is 0 Å². The first-order valence-electron chi connectivity index (χ1n) is 20.3. The third kappa shape index (κ3) is 7.56. The minimum atomic E-state index is 0.612. The van der Waals surface area contributed by atoms with Crippen molar-refractivity contribution < 1.29 is 0 Å². The lowest BCUT2D eigenvalue weighted by molar-refractivity contribution is 1.07. The van der Waals surface area contributed by atoms with E-state index < -0.39 is 0 Å². The first-order chi connectivity index (χ1) is 29.7. The van der Waals surface area contributed by atoms with E-state index in [4.69, 9.17) is 15.0 Å². The minimum Gasteiger partial charge on any atom is -0.208 e. The zero-order valence-corrected chi connectivity index (χ0v) is 32.9. The van der Waals surface area contributed by atoms with Crippen molar-refractivity contribution in [3.8, 4) is 101 Å². The Kier molecular flexibility index (Phi) is 9.97. The molecule has 0 bridgehead atoms. The van der Waals surface area contributed by atoms with Crippen LogP contribution in [0.5, 0.6) is 0 Å². The van der Waals surface area contributed by atoms with E-state index in [0.717, 1.165) is 61.2 Å². The zero-order valence-electron chi connectivity index (χ0n) is 32.9. The second-order valence-electron chi connectivity index (χ2n) is 14.8. The van der Waals surface area contributed by atoms with E-state index in [0.29, 0.717) is 17.5 Å². The quantitative estimate of drug-likeness (QED) is 0.147. The van der Waals surface area contributed by atoms with Gasteiger partial charge >= 0.3 is 0 Å². The second kappa shape index (κ2) is 16.5. The highest BCUT2D eigenvalue weighted by atomic mass is 15.0. The SMILES string of the molecule is c1ccc(-c2ccc(-c3ccc(-c4nc(-c5ccc(-c6ccccc6)cc5)nc(-c5cc(-c6ccccc6-c6ccccc6)ccc5-c5ccccc5)n4)cc3)cc2)cc1. The van der Waals surface area contributed by atoms with E-state index in [2.05, 4.69) is 218 Å². The molecule has 1 heterocycles. The highest BCUT2D eigenvalue weighted by molar-refractivity contribution is 5.90. The molecule has 0 saturated heterocycles. The van der Waals surface area contributed by atoms with Gasteiger partial charge in [0, 0.05) is 16.7 Å². The van der Waals surface area contributed by atoms with E-state index in [9.17, 15) is 0 Å². The Hall–Kier alpha value is -8.01. The van der Waals surface area contributed by atoms with Crippen molar-refractivity contribution in [2.24, 2.45) is 0 Å². The van der Waals surface area contributed by atoms with Gasteiger partial charge in [-0.2, -0.15) is 0 Å². The molecule has 0 unspecified atom stereocenters. The third-order valence-electron chi connectivity index (χ3n) is 11.0. The van der Waals surface area contributed by atoms with Gasteiger partial charge in [0.2, 0.25) is 0 Å². The lowest BCUT2D eigenvalue weighted by Crippen LogP contribution is -2.01. The molecule has 60 heavy (non-hydrogen) atoms. The van der Waals surface area contributed by atoms with Gasteiger partial charge in [0.15, 0.2) is 17.5 Å². The molecule has 0 aliphatic heterocycles. The smallest absolute Gasteiger partial charge is 0.164 e.